The number of aryl methyl sites for hydroxylation is 1. The third-order valence-corrected chi connectivity index (χ3v) is 2.45. The smallest absolute Gasteiger partial charge is 0.143 e. The molecule has 0 atom stereocenters. The minimum absolute atomic E-state index is 0.740. The molecule has 1 aromatic rings. The van der Waals surface area contributed by atoms with E-state index in [9.17, 15) is 0 Å². The van der Waals surface area contributed by atoms with E-state index in [1.807, 2.05) is 19.1 Å². The number of ether oxygens (including phenoxy) is 1. The van der Waals surface area contributed by atoms with Crippen LogP contribution in [0, 0.1) is 6.92 Å². The highest BCUT2D eigenvalue weighted by atomic mass is 35.5. The number of benzene rings is 1. The summed E-state index contributed by atoms with van der Waals surface area (Å²) in [4.78, 5) is 0. The molecule has 0 aliphatic rings. The molecule has 78 valence electrons. The largest absolute Gasteiger partial charge is 0.495 e. The zero-order valence-corrected chi connectivity index (χ0v) is 9.61. The fourth-order valence-electron chi connectivity index (χ4n) is 1.23. The number of halogens is 1. The molecule has 0 heterocycles. The topological polar surface area (TPSA) is 21.3 Å². The number of hydrogen-bond donors (Lipinski definition) is 1. The minimum Gasteiger partial charge on any atom is -0.495 e. The lowest BCUT2D eigenvalue weighted by Gasteiger charge is -2.12. The molecule has 2 nitrogen and oxygen atoms in total. The highest BCUT2D eigenvalue weighted by Gasteiger charge is 2.05. The average Bonchev–Trinajstić information content (AvgIpc) is 2.19. The Hall–Kier alpha value is -0.890. The predicted octanol–water partition coefficient (Wildman–Crippen LogP) is 3.48. The summed E-state index contributed by atoms with van der Waals surface area (Å²) < 4.78 is 5.23. The molecule has 0 aromatic heterocycles. The third kappa shape index (κ3) is 2.55. The van der Waals surface area contributed by atoms with Crippen LogP contribution < -0.4 is 10.1 Å². The van der Waals surface area contributed by atoms with Gasteiger partial charge in [-0.2, -0.15) is 0 Å². The van der Waals surface area contributed by atoms with Gasteiger partial charge in [0.2, 0.25) is 0 Å². The summed E-state index contributed by atoms with van der Waals surface area (Å²) in [6.07, 6.45) is 1.09. The van der Waals surface area contributed by atoms with Gasteiger partial charge in [-0.15, -0.1) is 0 Å². The van der Waals surface area contributed by atoms with E-state index in [4.69, 9.17) is 16.3 Å². The van der Waals surface area contributed by atoms with Crippen molar-refractivity contribution >= 4 is 17.3 Å². The summed E-state index contributed by atoms with van der Waals surface area (Å²) in [6.45, 7) is 5.05. The Morgan fingerprint density at radius 2 is 2.14 bits per heavy atom. The van der Waals surface area contributed by atoms with Crippen molar-refractivity contribution in [2.24, 2.45) is 0 Å². The first-order chi connectivity index (χ1) is 6.69. The molecule has 0 aliphatic carbocycles. The van der Waals surface area contributed by atoms with Crippen LogP contribution in [0.25, 0.3) is 0 Å². The number of hydrogen-bond acceptors (Lipinski definition) is 2. The number of nitrogens with one attached hydrogen (secondary N) is 1. The number of anilines is 1. The lowest BCUT2D eigenvalue weighted by Crippen LogP contribution is -2.02. The van der Waals surface area contributed by atoms with Crippen molar-refractivity contribution in [1.29, 1.82) is 0 Å². The van der Waals surface area contributed by atoms with Crippen LogP contribution in [0.15, 0.2) is 12.1 Å². The van der Waals surface area contributed by atoms with Crippen LogP contribution in [0.3, 0.4) is 0 Å². The van der Waals surface area contributed by atoms with E-state index >= 15 is 0 Å². The minimum atomic E-state index is 0.740. The zero-order valence-electron chi connectivity index (χ0n) is 8.86. The van der Waals surface area contributed by atoms with E-state index in [0.29, 0.717) is 0 Å². The van der Waals surface area contributed by atoms with Crippen LogP contribution in [-0.4, -0.2) is 13.7 Å². The van der Waals surface area contributed by atoms with Gasteiger partial charge in [0.25, 0.3) is 0 Å². The Morgan fingerprint density at radius 1 is 1.43 bits per heavy atom. The van der Waals surface area contributed by atoms with Crippen LogP contribution in [0.5, 0.6) is 5.75 Å². The molecular formula is C11H16ClNO. The molecule has 0 saturated heterocycles. The maximum Gasteiger partial charge on any atom is 0.143 e. The van der Waals surface area contributed by atoms with Gasteiger partial charge < -0.3 is 10.1 Å². The van der Waals surface area contributed by atoms with Gasteiger partial charge in [0.05, 0.1) is 12.8 Å². The fraction of sp³-hybridized carbons (Fsp3) is 0.455. The lowest BCUT2D eigenvalue weighted by atomic mass is 10.2. The van der Waals surface area contributed by atoms with Crippen molar-refractivity contribution < 1.29 is 4.74 Å². The van der Waals surface area contributed by atoms with Gasteiger partial charge in [0.1, 0.15) is 5.75 Å². The molecule has 0 bridgehead atoms. The number of methoxy groups -OCH3 is 1. The van der Waals surface area contributed by atoms with Crippen LogP contribution in [-0.2, 0) is 0 Å². The van der Waals surface area contributed by atoms with Crippen LogP contribution >= 0.6 is 11.6 Å². The summed E-state index contributed by atoms with van der Waals surface area (Å²) in [5.41, 5.74) is 2.07. The van der Waals surface area contributed by atoms with E-state index in [2.05, 4.69) is 12.2 Å². The van der Waals surface area contributed by atoms with Gasteiger partial charge in [-0.3, -0.25) is 0 Å². The van der Waals surface area contributed by atoms with Crippen LogP contribution in [0.1, 0.15) is 18.9 Å². The quantitative estimate of drug-likeness (QED) is 0.827. The first-order valence-electron chi connectivity index (χ1n) is 4.77. The van der Waals surface area contributed by atoms with Crippen LogP contribution in [0.2, 0.25) is 5.02 Å². The molecule has 3 heteroatoms. The first-order valence-corrected chi connectivity index (χ1v) is 5.14. The van der Waals surface area contributed by atoms with Gasteiger partial charge in [-0.25, -0.2) is 0 Å². The van der Waals surface area contributed by atoms with Gasteiger partial charge in [-0.1, -0.05) is 18.5 Å². The second-order valence-corrected chi connectivity index (χ2v) is 3.64. The van der Waals surface area contributed by atoms with Crippen molar-refractivity contribution in [3.63, 3.8) is 0 Å². The van der Waals surface area contributed by atoms with Crippen molar-refractivity contribution in [3.05, 3.63) is 22.7 Å². The molecule has 1 N–H and O–H groups in total. The molecule has 0 unspecified atom stereocenters. The Kier molecular flexibility index (Phi) is 4.08. The van der Waals surface area contributed by atoms with Crippen molar-refractivity contribution in [2.45, 2.75) is 20.3 Å². The molecular weight excluding hydrogens is 198 g/mol. The number of rotatable bonds is 4. The Balaban J connectivity index is 2.95. The molecule has 0 fully saturated rings. The average molecular weight is 214 g/mol. The van der Waals surface area contributed by atoms with Crippen LogP contribution in [0.4, 0.5) is 5.69 Å². The van der Waals surface area contributed by atoms with Crippen molar-refractivity contribution in [2.75, 3.05) is 19.0 Å². The standard InChI is InChI=1S/C11H16ClNO/c1-4-5-13-10-6-8(2)9(12)7-11(10)14-3/h6-7,13H,4-5H2,1-3H3. The first kappa shape index (κ1) is 11.2. The second-order valence-electron chi connectivity index (χ2n) is 3.23. The highest BCUT2D eigenvalue weighted by molar-refractivity contribution is 6.31. The summed E-state index contributed by atoms with van der Waals surface area (Å²) in [6, 6.07) is 3.85. The summed E-state index contributed by atoms with van der Waals surface area (Å²) in [5, 5.41) is 4.04. The monoisotopic (exact) mass is 213 g/mol. The van der Waals surface area contributed by atoms with E-state index in [1.165, 1.54) is 0 Å². The zero-order chi connectivity index (χ0) is 10.6. The van der Waals surface area contributed by atoms with Gasteiger partial charge in [-0.05, 0) is 25.0 Å². The Labute approximate surface area is 90.2 Å². The maximum absolute atomic E-state index is 5.99. The van der Waals surface area contributed by atoms with E-state index in [0.717, 1.165) is 35.0 Å². The van der Waals surface area contributed by atoms with Gasteiger partial charge in [0.15, 0.2) is 0 Å². The Morgan fingerprint density at radius 3 is 2.71 bits per heavy atom. The Bertz CT molecular complexity index is 312. The second kappa shape index (κ2) is 5.11. The van der Waals surface area contributed by atoms with Gasteiger partial charge in [0, 0.05) is 17.6 Å². The van der Waals surface area contributed by atoms with E-state index < -0.39 is 0 Å². The molecule has 14 heavy (non-hydrogen) atoms. The molecule has 0 saturated carbocycles. The van der Waals surface area contributed by atoms with Crippen molar-refractivity contribution in [3.8, 4) is 5.75 Å². The molecule has 1 aromatic carbocycles. The van der Waals surface area contributed by atoms with Gasteiger partial charge >= 0.3 is 0 Å². The molecule has 0 amide bonds. The molecule has 0 radical (unpaired) electrons. The fourth-order valence-corrected chi connectivity index (χ4v) is 1.38. The highest BCUT2D eigenvalue weighted by Crippen LogP contribution is 2.30. The molecule has 0 spiro atoms. The maximum atomic E-state index is 5.99. The summed E-state index contributed by atoms with van der Waals surface area (Å²) in [7, 11) is 1.65. The molecule has 1 rings (SSSR count). The normalized spacial score (nSPS) is 10.0. The van der Waals surface area contributed by atoms with E-state index in [1.54, 1.807) is 7.11 Å². The molecule has 0 aliphatic heterocycles. The lowest BCUT2D eigenvalue weighted by molar-refractivity contribution is 0.416. The SMILES string of the molecule is CCCNc1cc(C)c(Cl)cc1OC. The van der Waals surface area contributed by atoms with Crippen molar-refractivity contribution in [1.82, 2.24) is 0 Å². The third-order valence-electron chi connectivity index (χ3n) is 2.05. The summed E-state index contributed by atoms with van der Waals surface area (Å²) >= 11 is 5.99. The summed E-state index contributed by atoms with van der Waals surface area (Å²) in [5.74, 6) is 0.800. The predicted molar refractivity (Wildman–Crippen MR) is 61.5 cm³/mol. The van der Waals surface area contributed by atoms with E-state index in [-0.39, 0.29) is 0 Å².